The van der Waals surface area contributed by atoms with Crippen LogP contribution in [0.3, 0.4) is 0 Å². The Bertz CT molecular complexity index is 1020. The zero-order valence-corrected chi connectivity index (χ0v) is 20.1. The Morgan fingerprint density at radius 2 is 0.605 bits per heavy atom. The second kappa shape index (κ2) is 10.8. The van der Waals surface area contributed by atoms with Crippen LogP contribution in [0.25, 0.3) is 0 Å². The van der Waals surface area contributed by atoms with Gasteiger partial charge in [0.25, 0.3) is 5.83 Å². The van der Waals surface area contributed by atoms with Gasteiger partial charge < -0.3 is 24.0 Å². The van der Waals surface area contributed by atoms with Gasteiger partial charge in [-0.2, -0.15) is 96.6 Å². The standard InChI is InChI=1S/C13F28N.HI/c14-2(1(3(15,16)17)4(18,19)20)5(21,22)42(40,41)13(38,39)11(33,34)9(29,30)7(25,26)6(23,24)8(27,28)10(31,32)12(35,36)37;/h;1H/q+1;/p-1. The fourth-order valence-corrected chi connectivity index (χ4v) is 2.19. The van der Waals surface area contributed by atoms with Gasteiger partial charge in [0.05, 0.1) is 8.96 Å². The van der Waals surface area contributed by atoms with Crippen LogP contribution < -0.4 is 24.0 Å². The monoisotopic (exact) mass is 829 g/mol. The van der Waals surface area contributed by atoms with Crippen molar-refractivity contribution in [1.82, 2.24) is 0 Å². The molecule has 0 spiro atoms. The zero-order chi connectivity index (χ0) is 35.2. The summed E-state index contributed by atoms with van der Waals surface area (Å²) in [6, 6.07) is -18.6. The summed E-state index contributed by atoms with van der Waals surface area (Å²) < 4.78 is 361. The summed E-state index contributed by atoms with van der Waals surface area (Å²) in [5.41, 5.74) is -5.63. The molecule has 0 saturated carbocycles. The molecule has 0 aliphatic rings. The Morgan fingerprint density at radius 3 is 0.837 bits per heavy atom. The second-order valence-electron chi connectivity index (χ2n) is 7.22. The van der Waals surface area contributed by atoms with E-state index >= 15 is 0 Å². The Morgan fingerprint density at radius 1 is 0.372 bits per heavy atom. The SMILES string of the molecule is FC(=C(C(F)(F)F)C(F)(F)F)C(F)(F)[N+](F)(F)C(F)(F)C(F)(F)C(F)(F)C(F)(F)C(F)(F)C(F)(F)C(F)(F)C(F)(F)F.[I-]. The van der Waals surface area contributed by atoms with Crippen LogP contribution in [0.4, 0.5) is 123 Å². The van der Waals surface area contributed by atoms with Gasteiger partial charge in [0.1, 0.15) is 0 Å². The molecule has 0 aromatic carbocycles. The largest absolute Gasteiger partial charge is 1.00 e. The topological polar surface area (TPSA) is 0 Å². The normalized spacial score (nSPS) is 16.2. The highest BCUT2D eigenvalue weighted by atomic mass is 127. The maximum Gasteiger partial charge on any atom is 0.541 e. The number of allylic oxidation sites excluding steroid dienone is 1. The van der Waals surface area contributed by atoms with E-state index in [2.05, 4.69) is 0 Å². The van der Waals surface area contributed by atoms with Crippen molar-refractivity contribution in [2.45, 2.75) is 66.2 Å². The molecular formula is C13F28IN. The third-order valence-electron chi connectivity index (χ3n) is 4.46. The summed E-state index contributed by atoms with van der Waals surface area (Å²) in [6.07, 6.45) is -23.7. The Hall–Kier alpha value is -1.53. The quantitative estimate of drug-likeness (QED) is 0.108. The number of quaternary nitrogens is 1. The summed E-state index contributed by atoms with van der Waals surface area (Å²) in [6.45, 7) is 0. The minimum atomic E-state index is -9.74. The number of halogens is 29. The lowest BCUT2D eigenvalue weighted by molar-refractivity contribution is -1.27. The fraction of sp³-hybridized carbons (Fsp3) is 0.846. The maximum absolute atomic E-state index is 13.5. The molecule has 0 saturated heterocycles. The summed E-state index contributed by atoms with van der Waals surface area (Å²) in [4.78, 5) is -8.46. The zero-order valence-electron chi connectivity index (χ0n) is 17.9. The molecule has 1 nitrogen and oxygen atoms in total. The van der Waals surface area contributed by atoms with Crippen molar-refractivity contribution in [3.63, 3.8) is 0 Å². The van der Waals surface area contributed by atoms with Crippen LogP contribution in [0.2, 0.25) is 0 Å². The Kier molecular flexibility index (Phi) is 10.9. The molecule has 0 rings (SSSR count). The van der Waals surface area contributed by atoms with Crippen molar-refractivity contribution >= 4 is 0 Å². The van der Waals surface area contributed by atoms with Crippen LogP contribution in [0, 0.1) is 0 Å². The molecular weight excluding hydrogens is 829 g/mol. The van der Waals surface area contributed by atoms with Crippen LogP contribution in [-0.4, -0.2) is 71.1 Å². The second-order valence-corrected chi connectivity index (χ2v) is 7.22. The number of hydrogen-bond donors (Lipinski definition) is 0. The van der Waals surface area contributed by atoms with Gasteiger partial charge in [-0.15, -0.1) is 17.6 Å². The van der Waals surface area contributed by atoms with Crippen LogP contribution >= 0.6 is 0 Å². The molecule has 0 bridgehead atoms. The van der Waals surface area contributed by atoms with Crippen LogP contribution in [-0.2, 0) is 0 Å². The lowest BCUT2D eigenvalue weighted by Crippen LogP contribution is -3.00. The molecule has 0 aliphatic carbocycles. The first kappa shape index (κ1) is 43.6. The van der Waals surface area contributed by atoms with Gasteiger partial charge in [-0.3, -0.25) is 0 Å². The maximum atomic E-state index is 13.5. The third-order valence-corrected chi connectivity index (χ3v) is 4.46. The first-order valence-corrected chi connectivity index (χ1v) is 8.45. The predicted molar refractivity (Wildman–Crippen MR) is 68.4 cm³/mol. The lowest BCUT2D eigenvalue weighted by atomic mass is 9.90. The van der Waals surface area contributed by atoms with Crippen molar-refractivity contribution in [2.24, 2.45) is 0 Å². The van der Waals surface area contributed by atoms with E-state index in [1.54, 1.807) is 0 Å². The molecule has 0 heterocycles. The summed E-state index contributed by atoms with van der Waals surface area (Å²) in [7, 11) is 0. The van der Waals surface area contributed by atoms with Gasteiger partial charge in [0.2, 0.25) is 0 Å². The molecule has 260 valence electrons. The van der Waals surface area contributed by atoms with E-state index < -0.39 is 82.5 Å². The third kappa shape index (κ3) is 5.82. The van der Waals surface area contributed by atoms with Crippen molar-refractivity contribution in [3.05, 3.63) is 11.4 Å². The van der Waals surface area contributed by atoms with Crippen LogP contribution in [0.15, 0.2) is 11.4 Å². The highest BCUT2D eigenvalue weighted by Gasteiger charge is 3.00. The minimum absolute atomic E-state index is 0. The average Bonchev–Trinajstić information content (AvgIpc) is 2.69. The van der Waals surface area contributed by atoms with Gasteiger partial charge >= 0.3 is 66.2 Å². The van der Waals surface area contributed by atoms with E-state index in [0.29, 0.717) is 0 Å². The van der Waals surface area contributed by atoms with Crippen LogP contribution in [0.1, 0.15) is 0 Å². The fourth-order valence-electron chi connectivity index (χ4n) is 2.19. The minimum Gasteiger partial charge on any atom is -1.00 e. The van der Waals surface area contributed by atoms with Crippen molar-refractivity contribution in [3.8, 4) is 0 Å². The number of rotatable bonds is 9. The smallest absolute Gasteiger partial charge is 0.541 e. The molecule has 0 atom stereocenters. The van der Waals surface area contributed by atoms with Crippen LogP contribution in [0.5, 0.6) is 0 Å². The number of hydrogen-bond acceptors (Lipinski definition) is 0. The summed E-state index contributed by atoms with van der Waals surface area (Å²) in [5.74, 6) is -62.5. The number of nitrogens with zero attached hydrogens (tertiary/aromatic N) is 1. The Balaban J connectivity index is 0. The molecule has 0 radical (unpaired) electrons. The molecule has 0 aromatic rings. The van der Waals surface area contributed by atoms with E-state index in [-0.39, 0.29) is 24.0 Å². The number of alkyl halides is 25. The van der Waals surface area contributed by atoms with Crippen molar-refractivity contribution < 1.29 is 152 Å². The first-order valence-electron chi connectivity index (χ1n) is 8.45. The first-order chi connectivity index (χ1) is 17.5. The lowest BCUT2D eigenvalue weighted by Gasteiger charge is -2.42. The van der Waals surface area contributed by atoms with E-state index in [1.807, 2.05) is 0 Å². The van der Waals surface area contributed by atoms with Gasteiger partial charge in [-0.1, -0.05) is 0 Å². The highest BCUT2D eigenvalue weighted by molar-refractivity contribution is 5.23. The summed E-state index contributed by atoms with van der Waals surface area (Å²) in [5, 5.41) is 0. The molecule has 0 amide bonds. The van der Waals surface area contributed by atoms with Gasteiger partial charge in [0, 0.05) is 0 Å². The molecule has 0 fully saturated rings. The summed E-state index contributed by atoms with van der Waals surface area (Å²) >= 11 is 0. The van der Waals surface area contributed by atoms with Crippen molar-refractivity contribution in [1.29, 1.82) is 0 Å². The Labute approximate surface area is 230 Å². The van der Waals surface area contributed by atoms with Gasteiger partial charge in [-0.25, -0.2) is 0 Å². The molecule has 30 heteroatoms. The molecule has 0 unspecified atom stereocenters. The van der Waals surface area contributed by atoms with Crippen molar-refractivity contribution in [2.75, 3.05) is 0 Å². The predicted octanol–water partition coefficient (Wildman–Crippen LogP) is 6.48. The highest BCUT2D eigenvalue weighted by Crippen LogP contribution is 2.66. The van der Waals surface area contributed by atoms with E-state index in [0.717, 1.165) is 0 Å². The van der Waals surface area contributed by atoms with Gasteiger partial charge in [-0.05, 0) is 0 Å². The molecule has 0 N–H and O–H groups in total. The van der Waals surface area contributed by atoms with Gasteiger partial charge in [0.15, 0.2) is 10.5 Å². The molecule has 0 aromatic heterocycles. The van der Waals surface area contributed by atoms with E-state index in [1.165, 1.54) is 0 Å². The molecule has 0 aliphatic heterocycles. The van der Waals surface area contributed by atoms with E-state index in [4.69, 9.17) is 0 Å². The van der Waals surface area contributed by atoms with E-state index in [9.17, 15) is 123 Å². The molecule has 43 heavy (non-hydrogen) atoms. The average molecular weight is 829 g/mol.